The lowest BCUT2D eigenvalue weighted by Gasteiger charge is -2.09. The van der Waals surface area contributed by atoms with E-state index in [1.165, 1.54) is 5.56 Å². The van der Waals surface area contributed by atoms with Crippen molar-refractivity contribution in [2.45, 2.75) is 19.9 Å². The molecule has 0 saturated heterocycles. The first kappa shape index (κ1) is 12.4. The summed E-state index contributed by atoms with van der Waals surface area (Å²) in [5.74, 6) is 0.944. The van der Waals surface area contributed by atoms with Gasteiger partial charge in [0.15, 0.2) is 0 Å². The van der Waals surface area contributed by atoms with E-state index in [1.54, 1.807) is 0 Å². The first-order chi connectivity index (χ1) is 9.81. The number of para-hydroxylation sites is 2. The molecule has 0 unspecified atom stereocenters. The molecule has 0 fully saturated rings. The average molecular weight is 261 g/mol. The van der Waals surface area contributed by atoms with Gasteiger partial charge in [0.2, 0.25) is 0 Å². The molecule has 0 radical (unpaired) electrons. The van der Waals surface area contributed by atoms with E-state index in [4.69, 9.17) is 10.2 Å². The summed E-state index contributed by atoms with van der Waals surface area (Å²) in [5.41, 5.74) is 4.38. The SMILES string of the molecule is Cc1ccccc1-c1nc2ccccc2n1CCC#N. The van der Waals surface area contributed by atoms with E-state index in [-0.39, 0.29) is 0 Å². The molecule has 0 aliphatic rings. The van der Waals surface area contributed by atoms with Gasteiger partial charge in [-0.3, -0.25) is 0 Å². The molecular weight excluding hydrogens is 246 g/mol. The van der Waals surface area contributed by atoms with Gasteiger partial charge in [-0.05, 0) is 24.6 Å². The van der Waals surface area contributed by atoms with E-state index in [1.807, 2.05) is 30.3 Å². The Morgan fingerprint density at radius 3 is 2.65 bits per heavy atom. The highest BCUT2D eigenvalue weighted by Crippen LogP contribution is 2.27. The average Bonchev–Trinajstić information content (AvgIpc) is 2.84. The summed E-state index contributed by atoms with van der Waals surface area (Å²) in [6, 6.07) is 18.5. The van der Waals surface area contributed by atoms with Crippen LogP contribution in [-0.4, -0.2) is 9.55 Å². The molecule has 0 aliphatic carbocycles. The van der Waals surface area contributed by atoms with Gasteiger partial charge in [0.05, 0.1) is 23.5 Å². The van der Waals surface area contributed by atoms with Crippen molar-refractivity contribution in [2.24, 2.45) is 0 Å². The zero-order chi connectivity index (χ0) is 13.9. The third-order valence-corrected chi connectivity index (χ3v) is 3.49. The summed E-state index contributed by atoms with van der Waals surface area (Å²) >= 11 is 0. The van der Waals surface area contributed by atoms with E-state index in [9.17, 15) is 0 Å². The number of nitriles is 1. The first-order valence-corrected chi connectivity index (χ1v) is 6.69. The minimum Gasteiger partial charge on any atom is -0.323 e. The molecule has 0 N–H and O–H groups in total. The summed E-state index contributed by atoms with van der Waals surface area (Å²) in [6.45, 7) is 2.75. The van der Waals surface area contributed by atoms with E-state index >= 15 is 0 Å². The molecule has 3 aromatic rings. The minimum absolute atomic E-state index is 0.485. The number of fused-ring (bicyclic) bond motifs is 1. The van der Waals surface area contributed by atoms with E-state index < -0.39 is 0 Å². The van der Waals surface area contributed by atoms with Crippen LogP contribution >= 0.6 is 0 Å². The molecule has 0 bridgehead atoms. The van der Waals surface area contributed by atoms with Gasteiger partial charge < -0.3 is 4.57 Å². The Kier molecular flexibility index (Phi) is 3.22. The number of hydrogen-bond donors (Lipinski definition) is 0. The van der Waals surface area contributed by atoms with Crippen molar-refractivity contribution in [3.8, 4) is 17.5 Å². The summed E-state index contributed by atoms with van der Waals surface area (Å²) in [7, 11) is 0. The summed E-state index contributed by atoms with van der Waals surface area (Å²) < 4.78 is 2.14. The molecule has 3 nitrogen and oxygen atoms in total. The largest absolute Gasteiger partial charge is 0.323 e. The lowest BCUT2D eigenvalue weighted by Crippen LogP contribution is -2.01. The minimum atomic E-state index is 0.485. The van der Waals surface area contributed by atoms with Crippen LogP contribution in [0.15, 0.2) is 48.5 Å². The van der Waals surface area contributed by atoms with Crippen molar-refractivity contribution in [3.05, 3.63) is 54.1 Å². The highest BCUT2D eigenvalue weighted by molar-refractivity contribution is 5.81. The maximum Gasteiger partial charge on any atom is 0.141 e. The molecule has 20 heavy (non-hydrogen) atoms. The van der Waals surface area contributed by atoms with Crippen molar-refractivity contribution < 1.29 is 0 Å². The third kappa shape index (κ3) is 2.06. The lowest BCUT2D eigenvalue weighted by atomic mass is 10.1. The van der Waals surface area contributed by atoms with Crippen molar-refractivity contribution in [1.82, 2.24) is 9.55 Å². The number of benzene rings is 2. The number of nitrogens with zero attached hydrogens (tertiary/aromatic N) is 3. The third-order valence-electron chi connectivity index (χ3n) is 3.49. The fourth-order valence-corrected chi connectivity index (χ4v) is 2.49. The molecule has 2 aromatic carbocycles. The maximum absolute atomic E-state index is 8.87. The number of rotatable bonds is 3. The van der Waals surface area contributed by atoms with Crippen LogP contribution in [0, 0.1) is 18.3 Å². The van der Waals surface area contributed by atoms with Gasteiger partial charge in [-0.1, -0.05) is 36.4 Å². The van der Waals surface area contributed by atoms with Crippen LogP contribution in [0.1, 0.15) is 12.0 Å². The lowest BCUT2D eigenvalue weighted by molar-refractivity contribution is 0.744. The van der Waals surface area contributed by atoms with Crippen LogP contribution in [0.5, 0.6) is 0 Å². The van der Waals surface area contributed by atoms with Crippen LogP contribution in [0.4, 0.5) is 0 Å². The van der Waals surface area contributed by atoms with Gasteiger partial charge in [0.25, 0.3) is 0 Å². The summed E-state index contributed by atoms with van der Waals surface area (Å²) in [4.78, 5) is 4.75. The second kappa shape index (κ2) is 5.18. The number of aryl methyl sites for hydroxylation is 2. The molecule has 3 rings (SSSR count). The number of hydrogen-bond acceptors (Lipinski definition) is 2. The van der Waals surface area contributed by atoms with Crippen LogP contribution in [0.25, 0.3) is 22.4 Å². The monoisotopic (exact) mass is 261 g/mol. The Labute approximate surface area is 118 Å². The maximum atomic E-state index is 8.87. The second-order valence-electron chi connectivity index (χ2n) is 4.80. The smallest absolute Gasteiger partial charge is 0.141 e. The quantitative estimate of drug-likeness (QED) is 0.717. The normalized spacial score (nSPS) is 10.6. The Balaban J connectivity index is 2.24. The molecule has 1 heterocycles. The van der Waals surface area contributed by atoms with Gasteiger partial charge in [0, 0.05) is 12.1 Å². The fraction of sp³-hybridized carbons (Fsp3) is 0.176. The standard InChI is InChI=1S/C17H15N3/c1-13-7-2-3-8-14(13)17-19-15-9-4-5-10-16(15)20(17)12-6-11-18/h2-5,7-10H,6,12H2,1H3. The van der Waals surface area contributed by atoms with Crippen LogP contribution < -0.4 is 0 Å². The molecule has 98 valence electrons. The van der Waals surface area contributed by atoms with Gasteiger partial charge in [-0.15, -0.1) is 0 Å². The van der Waals surface area contributed by atoms with E-state index in [0.29, 0.717) is 13.0 Å². The Hall–Kier alpha value is -2.60. The number of aromatic nitrogens is 2. The van der Waals surface area contributed by atoms with Crippen LogP contribution in [-0.2, 0) is 6.54 Å². The second-order valence-corrected chi connectivity index (χ2v) is 4.80. The molecule has 1 aromatic heterocycles. The van der Waals surface area contributed by atoms with E-state index in [2.05, 4.69) is 35.8 Å². The number of imidazole rings is 1. The Morgan fingerprint density at radius 2 is 1.85 bits per heavy atom. The van der Waals surface area contributed by atoms with Gasteiger partial charge in [0.1, 0.15) is 5.82 Å². The molecule has 0 atom stereocenters. The van der Waals surface area contributed by atoms with Crippen molar-refractivity contribution in [3.63, 3.8) is 0 Å². The first-order valence-electron chi connectivity index (χ1n) is 6.69. The topological polar surface area (TPSA) is 41.6 Å². The van der Waals surface area contributed by atoms with Gasteiger partial charge >= 0.3 is 0 Å². The Bertz CT molecular complexity index is 793. The van der Waals surface area contributed by atoms with Crippen molar-refractivity contribution >= 4 is 11.0 Å². The molecular formula is C17H15N3. The van der Waals surface area contributed by atoms with Crippen molar-refractivity contribution in [1.29, 1.82) is 5.26 Å². The van der Waals surface area contributed by atoms with Crippen molar-refractivity contribution in [2.75, 3.05) is 0 Å². The highest BCUT2D eigenvalue weighted by Gasteiger charge is 2.13. The highest BCUT2D eigenvalue weighted by atomic mass is 15.1. The van der Waals surface area contributed by atoms with Crippen LogP contribution in [0.3, 0.4) is 0 Å². The van der Waals surface area contributed by atoms with E-state index in [0.717, 1.165) is 22.4 Å². The van der Waals surface area contributed by atoms with Crippen LogP contribution in [0.2, 0.25) is 0 Å². The zero-order valence-electron chi connectivity index (χ0n) is 11.4. The molecule has 3 heteroatoms. The molecule has 0 spiro atoms. The predicted octanol–water partition coefficient (Wildman–Crippen LogP) is 3.93. The molecule has 0 saturated carbocycles. The van der Waals surface area contributed by atoms with Gasteiger partial charge in [-0.25, -0.2) is 4.98 Å². The molecule has 0 aliphatic heterocycles. The summed E-state index contributed by atoms with van der Waals surface area (Å²) in [5, 5.41) is 8.87. The molecule has 0 amide bonds. The predicted molar refractivity (Wildman–Crippen MR) is 80.1 cm³/mol. The summed E-state index contributed by atoms with van der Waals surface area (Å²) in [6.07, 6.45) is 0.485. The Morgan fingerprint density at radius 1 is 1.10 bits per heavy atom. The fourth-order valence-electron chi connectivity index (χ4n) is 2.49. The van der Waals surface area contributed by atoms with Gasteiger partial charge in [-0.2, -0.15) is 5.26 Å². The zero-order valence-corrected chi connectivity index (χ0v) is 11.4.